The minimum atomic E-state index is -0.244. The van der Waals surface area contributed by atoms with Gasteiger partial charge in [-0.25, -0.2) is 0 Å². The number of carbonyl (C=O) groups excluding carboxylic acids is 1. The van der Waals surface area contributed by atoms with Crippen LogP contribution >= 0.6 is 24.2 Å². The lowest BCUT2D eigenvalue weighted by Crippen LogP contribution is -2.44. The molecule has 0 aromatic heterocycles. The molecule has 0 aliphatic carbocycles. The van der Waals surface area contributed by atoms with Crippen LogP contribution in [-0.4, -0.2) is 36.7 Å². The van der Waals surface area contributed by atoms with Gasteiger partial charge in [0, 0.05) is 37.0 Å². The van der Waals surface area contributed by atoms with Crippen molar-refractivity contribution in [2.75, 3.05) is 26.0 Å². The van der Waals surface area contributed by atoms with E-state index < -0.39 is 0 Å². The first kappa shape index (κ1) is 19.3. The van der Waals surface area contributed by atoms with Gasteiger partial charge in [-0.1, -0.05) is 30.3 Å². The van der Waals surface area contributed by atoms with E-state index in [9.17, 15) is 4.79 Å². The molecule has 6 heteroatoms. The maximum absolute atomic E-state index is 12.1. The Morgan fingerprint density at radius 1 is 1.36 bits per heavy atom. The standard InChI is InChI=1S/C16H24N2O2S.ClH/c1-21-16(7-9-20-10-8-16)12-18-15(19)11-14(17)13-5-3-2-4-6-13;/h2-6,14H,7-12,17H2,1H3,(H,18,19);1H. The van der Waals surface area contributed by atoms with E-state index in [1.807, 2.05) is 42.1 Å². The number of nitrogens with one attached hydrogen (secondary N) is 1. The number of nitrogens with two attached hydrogens (primary N) is 1. The summed E-state index contributed by atoms with van der Waals surface area (Å²) in [5.74, 6) is 0.0197. The summed E-state index contributed by atoms with van der Waals surface area (Å²) < 4.78 is 5.53. The number of hydrogen-bond acceptors (Lipinski definition) is 4. The Morgan fingerprint density at radius 3 is 2.59 bits per heavy atom. The molecule has 1 unspecified atom stereocenters. The Labute approximate surface area is 143 Å². The van der Waals surface area contributed by atoms with Crippen LogP contribution < -0.4 is 11.1 Å². The topological polar surface area (TPSA) is 64.4 Å². The molecule has 1 aliphatic rings. The molecule has 0 radical (unpaired) electrons. The van der Waals surface area contributed by atoms with Crippen LogP contribution in [0.25, 0.3) is 0 Å². The molecule has 1 aromatic carbocycles. The Morgan fingerprint density at radius 2 is 2.00 bits per heavy atom. The fraction of sp³-hybridized carbons (Fsp3) is 0.562. The van der Waals surface area contributed by atoms with Gasteiger partial charge in [-0.2, -0.15) is 11.8 Å². The summed E-state index contributed by atoms with van der Waals surface area (Å²) in [6, 6.07) is 9.50. The average molecular weight is 345 g/mol. The highest BCUT2D eigenvalue weighted by atomic mass is 35.5. The van der Waals surface area contributed by atoms with E-state index in [1.54, 1.807) is 0 Å². The van der Waals surface area contributed by atoms with Gasteiger partial charge in [-0.05, 0) is 24.7 Å². The number of thioether (sulfide) groups is 1. The van der Waals surface area contributed by atoms with Crippen LogP contribution in [-0.2, 0) is 9.53 Å². The van der Waals surface area contributed by atoms with E-state index >= 15 is 0 Å². The zero-order valence-corrected chi connectivity index (χ0v) is 14.6. The molecule has 4 nitrogen and oxygen atoms in total. The third-order valence-electron chi connectivity index (χ3n) is 4.08. The Hall–Kier alpha value is -0.750. The van der Waals surface area contributed by atoms with Gasteiger partial charge in [0.2, 0.25) is 5.91 Å². The van der Waals surface area contributed by atoms with Crippen LogP contribution in [0, 0.1) is 0 Å². The molecule has 0 bridgehead atoms. The second kappa shape index (κ2) is 9.40. The zero-order valence-electron chi connectivity index (χ0n) is 12.9. The second-order valence-corrected chi connectivity index (χ2v) is 6.77. The van der Waals surface area contributed by atoms with E-state index in [4.69, 9.17) is 10.5 Å². The van der Waals surface area contributed by atoms with Crippen LogP contribution in [0.5, 0.6) is 0 Å². The summed E-state index contributed by atoms with van der Waals surface area (Å²) >= 11 is 1.82. The van der Waals surface area contributed by atoms with Gasteiger partial charge in [0.25, 0.3) is 0 Å². The van der Waals surface area contributed by atoms with Gasteiger partial charge in [0.05, 0.1) is 0 Å². The number of carbonyl (C=O) groups is 1. The van der Waals surface area contributed by atoms with Crippen molar-refractivity contribution in [1.29, 1.82) is 0 Å². The summed E-state index contributed by atoms with van der Waals surface area (Å²) in [6.07, 6.45) is 4.40. The maximum atomic E-state index is 12.1. The summed E-state index contributed by atoms with van der Waals surface area (Å²) in [7, 11) is 0. The lowest BCUT2D eigenvalue weighted by atomic mass is 9.98. The summed E-state index contributed by atoms with van der Waals surface area (Å²) in [6.45, 7) is 2.25. The monoisotopic (exact) mass is 344 g/mol. The van der Waals surface area contributed by atoms with E-state index in [2.05, 4.69) is 11.6 Å². The number of hydrogen-bond donors (Lipinski definition) is 2. The minimum Gasteiger partial charge on any atom is -0.381 e. The van der Waals surface area contributed by atoms with Crippen LogP contribution in [0.1, 0.15) is 30.9 Å². The van der Waals surface area contributed by atoms with Crippen LogP contribution in [0.2, 0.25) is 0 Å². The van der Waals surface area contributed by atoms with Crippen LogP contribution in [0.4, 0.5) is 0 Å². The molecule has 22 heavy (non-hydrogen) atoms. The van der Waals surface area contributed by atoms with Crippen molar-refractivity contribution in [2.45, 2.75) is 30.1 Å². The molecule has 0 spiro atoms. The van der Waals surface area contributed by atoms with Gasteiger partial charge >= 0.3 is 0 Å². The Bertz CT molecular complexity index is 453. The number of benzene rings is 1. The Balaban J connectivity index is 0.00000242. The third kappa shape index (κ3) is 5.47. The molecule has 2 rings (SSSR count). The third-order valence-corrected chi connectivity index (χ3v) is 5.50. The molecule has 1 aromatic rings. The second-order valence-electron chi connectivity index (χ2n) is 5.50. The van der Waals surface area contributed by atoms with Crippen molar-refractivity contribution in [2.24, 2.45) is 5.73 Å². The maximum Gasteiger partial charge on any atom is 0.221 e. The average Bonchev–Trinajstić information content (AvgIpc) is 2.54. The van der Waals surface area contributed by atoms with Crippen molar-refractivity contribution < 1.29 is 9.53 Å². The predicted octanol–water partition coefficient (Wildman–Crippen LogP) is 2.53. The smallest absolute Gasteiger partial charge is 0.221 e. The number of halogens is 1. The largest absolute Gasteiger partial charge is 0.381 e. The van der Waals surface area contributed by atoms with E-state index in [1.165, 1.54) is 0 Å². The normalized spacial score (nSPS) is 18.1. The van der Waals surface area contributed by atoms with E-state index in [0.717, 1.165) is 31.6 Å². The molecule has 1 amide bonds. The fourth-order valence-corrected chi connectivity index (χ4v) is 3.34. The molecule has 1 atom stereocenters. The van der Waals surface area contributed by atoms with Gasteiger partial charge in [0.1, 0.15) is 0 Å². The van der Waals surface area contributed by atoms with E-state index in [0.29, 0.717) is 13.0 Å². The molecule has 1 aliphatic heterocycles. The number of amides is 1. The minimum absolute atomic E-state index is 0. The molecular weight excluding hydrogens is 320 g/mol. The van der Waals surface area contributed by atoms with Gasteiger partial charge in [0.15, 0.2) is 0 Å². The molecular formula is C16H25ClN2O2S. The molecule has 1 saturated heterocycles. The van der Waals surface area contributed by atoms with Crippen LogP contribution in [0.3, 0.4) is 0 Å². The van der Waals surface area contributed by atoms with E-state index in [-0.39, 0.29) is 29.1 Å². The summed E-state index contributed by atoms with van der Waals surface area (Å²) in [5.41, 5.74) is 7.08. The molecule has 3 N–H and O–H groups in total. The Kier molecular flexibility index (Phi) is 8.25. The quantitative estimate of drug-likeness (QED) is 0.832. The molecule has 124 valence electrons. The highest BCUT2D eigenvalue weighted by Crippen LogP contribution is 2.33. The van der Waals surface area contributed by atoms with Gasteiger partial charge in [-0.3, -0.25) is 4.79 Å². The fourth-order valence-electron chi connectivity index (χ4n) is 2.55. The highest BCUT2D eigenvalue weighted by Gasteiger charge is 2.32. The first-order chi connectivity index (χ1) is 10.2. The predicted molar refractivity (Wildman–Crippen MR) is 94.5 cm³/mol. The van der Waals surface area contributed by atoms with Crippen molar-refractivity contribution in [3.8, 4) is 0 Å². The highest BCUT2D eigenvalue weighted by molar-refractivity contribution is 8.00. The molecule has 1 fully saturated rings. The van der Waals surface area contributed by atoms with Crippen molar-refractivity contribution >= 4 is 30.1 Å². The molecule has 0 saturated carbocycles. The van der Waals surface area contributed by atoms with Crippen molar-refractivity contribution in [3.05, 3.63) is 35.9 Å². The first-order valence-electron chi connectivity index (χ1n) is 7.35. The summed E-state index contributed by atoms with van der Waals surface area (Å²) in [4.78, 5) is 12.1. The summed E-state index contributed by atoms with van der Waals surface area (Å²) in [5, 5.41) is 3.05. The van der Waals surface area contributed by atoms with Crippen molar-refractivity contribution in [1.82, 2.24) is 5.32 Å². The van der Waals surface area contributed by atoms with Gasteiger partial charge < -0.3 is 15.8 Å². The molecule has 1 heterocycles. The van der Waals surface area contributed by atoms with Crippen molar-refractivity contribution in [3.63, 3.8) is 0 Å². The lowest BCUT2D eigenvalue weighted by molar-refractivity contribution is -0.121. The SMILES string of the molecule is CSC1(CNC(=O)CC(N)c2ccccc2)CCOCC1.Cl. The number of rotatable bonds is 6. The van der Waals surface area contributed by atoms with Crippen LogP contribution in [0.15, 0.2) is 30.3 Å². The number of ether oxygens (including phenoxy) is 1. The zero-order chi connectivity index (χ0) is 15.1. The first-order valence-corrected chi connectivity index (χ1v) is 8.58. The lowest BCUT2D eigenvalue weighted by Gasteiger charge is -2.35. The van der Waals surface area contributed by atoms with Gasteiger partial charge in [-0.15, -0.1) is 12.4 Å².